The van der Waals surface area contributed by atoms with Gasteiger partial charge in [0.15, 0.2) is 11.9 Å². The lowest BCUT2D eigenvalue weighted by atomic mass is 10.1. The van der Waals surface area contributed by atoms with Crippen LogP contribution < -0.4 is 4.74 Å². The van der Waals surface area contributed by atoms with Crippen LogP contribution >= 0.6 is 0 Å². The average Bonchev–Trinajstić information content (AvgIpc) is 2.29. The summed E-state index contributed by atoms with van der Waals surface area (Å²) in [7, 11) is 2.52. The molecular formula is C10H11NO6. The molecule has 1 rings (SSSR count). The lowest BCUT2D eigenvalue weighted by molar-refractivity contribution is -0.385. The van der Waals surface area contributed by atoms with Gasteiger partial charge in [-0.2, -0.15) is 0 Å². The number of carbonyl (C=O) groups is 1. The predicted molar refractivity (Wildman–Crippen MR) is 57.0 cm³/mol. The van der Waals surface area contributed by atoms with Gasteiger partial charge in [-0.05, 0) is 11.6 Å². The van der Waals surface area contributed by atoms with Gasteiger partial charge in [0.25, 0.3) is 0 Å². The Balaban J connectivity index is 3.24. The Bertz CT molecular complexity index is 444. The number of aliphatic carboxylic acids is 1. The molecule has 0 aliphatic heterocycles. The van der Waals surface area contributed by atoms with Crippen molar-refractivity contribution in [3.05, 3.63) is 33.9 Å². The van der Waals surface area contributed by atoms with Crippen molar-refractivity contribution < 1.29 is 24.3 Å². The van der Waals surface area contributed by atoms with Crippen LogP contribution in [-0.4, -0.2) is 30.2 Å². The van der Waals surface area contributed by atoms with E-state index in [-0.39, 0.29) is 17.0 Å². The highest BCUT2D eigenvalue weighted by Crippen LogP contribution is 2.30. The van der Waals surface area contributed by atoms with E-state index in [4.69, 9.17) is 14.6 Å². The van der Waals surface area contributed by atoms with Crippen LogP contribution in [0.1, 0.15) is 11.7 Å². The highest BCUT2D eigenvalue weighted by atomic mass is 16.6. The summed E-state index contributed by atoms with van der Waals surface area (Å²) >= 11 is 0. The van der Waals surface area contributed by atoms with Gasteiger partial charge in [-0.25, -0.2) is 4.79 Å². The van der Waals surface area contributed by atoms with Crippen molar-refractivity contribution in [3.63, 3.8) is 0 Å². The normalized spacial score (nSPS) is 11.9. The van der Waals surface area contributed by atoms with Crippen LogP contribution in [0, 0.1) is 10.1 Å². The maximum atomic E-state index is 10.8. The van der Waals surface area contributed by atoms with Gasteiger partial charge in [0, 0.05) is 13.2 Å². The molecule has 1 N–H and O–H groups in total. The fourth-order valence-corrected chi connectivity index (χ4v) is 1.39. The Hall–Kier alpha value is -2.15. The third-order valence-corrected chi connectivity index (χ3v) is 2.16. The highest BCUT2D eigenvalue weighted by Gasteiger charge is 2.23. The van der Waals surface area contributed by atoms with Crippen LogP contribution in [0.5, 0.6) is 5.75 Å². The molecule has 0 aliphatic carbocycles. The highest BCUT2D eigenvalue weighted by molar-refractivity contribution is 5.75. The van der Waals surface area contributed by atoms with Gasteiger partial charge in [0.2, 0.25) is 0 Å². The van der Waals surface area contributed by atoms with Crippen molar-refractivity contribution in [1.29, 1.82) is 0 Å². The average molecular weight is 241 g/mol. The first kappa shape index (κ1) is 12.9. The Kier molecular flexibility index (Phi) is 4.00. The Morgan fingerprint density at radius 3 is 2.53 bits per heavy atom. The Morgan fingerprint density at radius 2 is 2.12 bits per heavy atom. The molecule has 17 heavy (non-hydrogen) atoms. The Morgan fingerprint density at radius 1 is 1.47 bits per heavy atom. The van der Waals surface area contributed by atoms with E-state index in [0.717, 1.165) is 6.07 Å². The van der Waals surface area contributed by atoms with Crippen LogP contribution in [0.4, 0.5) is 5.69 Å². The van der Waals surface area contributed by atoms with Crippen molar-refractivity contribution in [2.75, 3.05) is 14.2 Å². The number of carboxylic acids is 1. The van der Waals surface area contributed by atoms with Gasteiger partial charge in [0.05, 0.1) is 12.0 Å². The molecule has 0 amide bonds. The first-order valence-electron chi connectivity index (χ1n) is 4.59. The molecule has 7 heteroatoms. The van der Waals surface area contributed by atoms with Crippen molar-refractivity contribution in [2.24, 2.45) is 0 Å². The minimum Gasteiger partial charge on any atom is -0.490 e. The van der Waals surface area contributed by atoms with Crippen LogP contribution in [0.2, 0.25) is 0 Å². The zero-order chi connectivity index (χ0) is 13.0. The van der Waals surface area contributed by atoms with Crippen LogP contribution in [0.15, 0.2) is 18.2 Å². The number of hydrogen-bond acceptors (Lipinski definition) is 5. The fourth-order valence-electron chi connectivity index (χ4n) is 1.39. The summed E-state index contributed by atoms with van der Waals surface area (Å²) in [5, 5.41) is 19.6. The number of nitrogens with zero attached hydrogens (tertiary/aromatic N) is 1. The summed E-state index contributed by atoms with van der Waals surface area (Å²) in [4.78, 5) is 20.9. The van der Waals surface area contributed by atoms with Crippen molar-refractivity contribution in [1.82, 2.24) is 0 Å². The van der Waals surface area contributed by atoms with Gasteiger partial charge >= 0.3 is 11.7 Å². The van der Waals surface area contributed by atoms with Crippen molar-refractivity contribution in [2.45, 2.75) is 6.10 Å². The first-order chi connectivity index (χ1) is 8.01. The predicted octanol–water partition coefficient (Wildman–Crippen LogP) is 1.38. The quantitative estimate of drug-likeness (QED) is 0.617. The number of rotatable bonds is 5. The number of nitro groups is 1. The molecule has 0 spiro atoms. The SMILES string of the molecule is COc1ccc(C(OC)C(=O)O)cc1[N+](=O)[O-]. The van der Waals surface area contributed by atoms with Gasteiger partial charge in [-0.3, -0.25) is 10.1 Å². The van der Waals surface area contributed by atoms with E-state index in [1.807, 2.05) is 0 Å². The van der Waals surface area contributed by atoms with E-state index in [0.29, 0.717) is 0 Å². The zero-order valence-corrected chi connectivity index (χ0v) is 9.25. The summed E-state index contributed by atoms with van der Waals surface area (Å²) in [6.07, 6.45) is -1.24. The molecule has 0 saturated carbocycles. The topological polar surface area (TPSA) is 98.9 Å². The number of nitro benzene ring substituents is 1. The smallest absolute Gasteiger partial charge is 0.337 e. The second-order valence-corrected chi connectivity index (χ2v) is 3.14. The minimum atomic E-state index is -1.24. The van der Waals surface area contributed by atoms with Crippen LogP contribution in [-0.2, 0) is 9.53 Å². The summed E-state index contributed by atoms with van der Waals surface area (Å²) in [5.74, 6) is -1.15. The summed E-state index contributed by atoms with van der Waals surface area (Å²) in [6.45, 7) is 0. The summed E-state index contributed by atoms with van der Waals surface area (Å²) in [6, 6.07) is 3.87. The molecule has 0 saturated heterocycles. The lowest BCUT2D eigenvalue weighted by Crippen LogP contribution is -2.13. The molecule has 0 bridgehead atoms. The molecule has 0 aliphatic rings. The van der Waals surface area contributed by atoms with Crippen LogP contribution in [0.3, 0.4) is 0 Å². The Labute approximate surface area is 96.7 Å². The van der Waals surface area contributed by atoms with Crippen LogP contribution in [0.25, 0.3) is 0 Å². The van der Waals surface area contributed by atoms with Gasteiger partial charge in [-0.15, -0.1) is 0 Å². The molecular weight excluding hydrogens is 230 g/mol. The minimum absolute atomic E-state index is 0.0685. The molecule has 7 nitrogen and oxygen atoms in total. The van der Waals surface area contributed by atoms with E-state index in [1.54, 1.807) is 0 Å². The van der Waals surface area contributed by atoms with E-state index >= 15 is 0 Å². The first-order valence-corrected chi connectivity index (χ1v) is 4.59. The fraction of sp³-hybridized carbons (Fsp3) is 0.300. The van der Waals surface area contributed by atoms with E-state index < -0.39 is 17.0 Å². The van der Waals surface area contributed by atoms with Gasteiger partial charge in [-0.1, -0.05) is 6.07 Å². The molecule has 92 valence electrons. The molecule has 0 fully saturated rings. The number of benzene rings is 1. The maximum Gasteiger partial charge on any atom is 0.337 e. The molecule has 0 heterocycles. The molecule has 1 unspecified atom stereocenters. The second kappa shape index (κ2) is 5.26. The summed E-state index contributed by atoms with van der Waals surface area (Å²) < 4.78 is 9.55. The second-order valence-electron chi connectivity index (χ2n) is 3.14. The van der Waals surface area contributed by atoms with Gasteiger partial charge in [0.1, 0.15) is 0 Å². The lowest BCUT2D eigenvalue weighted by Gasteiger charge is -2.11. The molecule has 1 aromatic rings. The standard InChI is InChI=1S/C10H11NO6/c1-16-8-4-3-6(5-7(8)11(14)15)9(17-2)10(12)13/h3-5,9H,1-2H3,(H,12,13). The maximum absolute atomic E-state index is 10.8. The summed E-state index contributed by atoms with van der Waals surface area (Å²) in [5.41, 5.74) is -0.110. The third-order valence-electron chi connectivity index (χ3n) is 2.16. The van der Waals surface area contributed by atoms with Crippen molar-refractivity contribution >= 4 is 11.7 Å². The largest absolute Gasteiger partial charge is 0.490 e. The molecule has 0 radical (unpaired) electrons. The number of ether oxygens (including phenoxy) is 2. The molecule has 1 atom stereocenters. The van der Waals surface area contributed by atoms with E-state index in [9.17, 15) is 14.9 Å². The zero-order valence-electron chi connectivity index (χ0n) is 9.25. The monoisotopic (exact) mass is 241 g/mol. The van der Waals surface area contributed by atoms with E-state index in [1.165, 1.54) is 26.4 Å². The van der Waals surface area contributed by atoms with Crippen molar-refractivity contribution in [3.8, 4) is 5.75 Å². The number of carboxylic acid groups (broad SMARTS) is 1. The number of methoxy groups -OCH3 is 2. The number of hydrogen-bond donors (Lipinski definition) is 1. The molecule has 1 aromatic carbocycles. The van der Waals surface area contributed by atoms with Gasteiger partial charge < -0.3 is 14.6 Å². The third kappa shape index (κ3) is 2.70. The van der Waals surface area contributed by atoms with E-state index in [2.05, 4.69) is 0 Å². The molecule has 0 aromatic heterocycles.